The summed E-state index contributed by atoms with van der Waals surface area (Å²) in [7, 11) is 0. The Bertz CT molecular complexity index is 589. The van der Waals surface area contributed by atoms with Gasteiger partial charge in [-0.1, -0.05) is 12.1 Å². The van der Waals surface area contributed by atoms with Crippen LogP contribution in [0.5, 0.6) is 0 Å². The van der Waals surface area contributed by atoms with Crippen molar-refractivity contribution in [3.8, 4) is 6.07 Å². The van der Waals surface area contributed by atoms with E-state index in [1.165, 1.54) is 0 Å². The summed E-state index contributed by atoms with van der Waals surface area (Å²) in [5, 5.41) is 24.9. The molecule has 6 nitrogen and oxygen atoms in total. The number of nitrogens with zero attached hydrogens (tertiary/aromatic N) is 2. The summed E-state index contributed by atoms with van der Waals surface area (Å²) in [6, 6.07) is 9.62. The Balaban J connectivity index is 1.98. The predicted octanol–water partition coefficient (Wildman–Crippen LogP) is 1.40. The number of aliphatic hydroxyl groups excluding tert-OH is 1. The zero-order chi connectivity index (χ0) is 17.3. The Hall–Kier alpha value is -2.10. The Morgan fingerprint density at radius 3 is 3.00 bits per heavy atom. The quantitative estimate of drug-likeness (QED) is 0.519. The number of ether oxygens (including phenoxy) is 1. The molecule has 0 saturated carbocycles. The van der Waals surface area contributed by atoms with Crippen LogP contribution in [0, 0.1) is 16.7 Å². The lowest BCUT2D eigenvalue weighted by Gasteiger charge is -2.27. The lowest BCUT2D eigenvalue weighted by Crippen LogP contribution is -2.44. The van der Waals surface area contributed by atoms with Crippen molar-refractivity contribution in [2.45, 2.75) is 26.3 Å². The van der Waals surface area contributed by atoms with E-state index in [0.29, 0.717) is 18.7 Å². The average molecular weight is 330 g/mol. The van der Waals surface area contributed by atoms with Gasteiger partial charge in [-0.15, -0.1) is 0 Å². The third-order valence-corrected chi connectivity index (χ3v) is 4.28. The zero-order valence-corrected chi connectivity index (χ0v) is 14.2. The molecule has 1 atom stereocenters. The fourth-order valence-corrected chi connectivity index (χ4v) is 2.83. The predicted molar refractivity (Wildman–Crippen MR) is 93.5 cm³/mol. The standard InChI is InChI=1S/C18H26N4O2/c1-2-20-17(21-12-16-5-3-4-15(10-16)11-19)22-13-18(6-8-23)7-9-24-14-18/h3-5,10,23H,2,6-9,12-14H2,1H3,(H2,20,21,22). The number of rotatable bonds is 7. The Kier molecular flexibility index (Phi) is 7.04. The average Bonchev–Trinajstić information content (AvgIpc) is 3.07. The largest absolute Gasteiger partial charge is 0.396 e. The van der Waals surface area contributed by atoms with Gasteiger partial charge in [0.25, 0.3) is 0 Å². The SMILES string of the molecule is CCNC(=NCc1cccc(C#N)c1)NCC1(CCO)CCOC1. The van der Waals surface area contributed by atoms with Crippen LogP contribution in [-0.2, 0) is 11.3 Å². The molecule has 2 rings (SSSR count). The third kappa shape index (κ3) is 5.22. The molecule has 0 aromatic heterocycles. The van der Waals surface area contributed by atoms with Crippen molar-refractivity contribution in [2.75, 3.05) is 32.9 Å². The second-order valence-corrected chi connectivity index (χ2v) is 6.14. The molecule has 1 aromatic carbocycles. The molecule has 1 aliphatic rings. The highest BCUT2D eigenvalue weighted by atomic mass is 16.5. The van der Waals surface area contributed by atoms with E-state index >= 15 is 0 Å². The van der Waals surface area contributed by atoms with Crippen molar-refractivity contribution in [2.24, 2.45) is 10.4 Å². The molecule has 0 bridgehead atoms. The van der Waals surface area contributed by atoms with Gasteiger partial charge in [-0.25, -0.2) is 4.99 Å². The molecule has 1 aromatic rings. The zero-order valence-electron chi connectivity index (χ0n) is 14.2. The van der Waals surface area contributed by atoms with Gasteiger partial charge in [0, 0.05) is 31.7 Å². The van der Waals surface area contributed by atoms with Crippen molar-refractivity contribution in [1.29, 1.82) is 5.26 Å². The molecule has 0 aliphatic carbocycles. The Morgan fingerprint density at radius 2 is 2.33 bits per heavy atom. The molecular formula is C18H26N4O2. The topological polar surface area (TPSA) is 89.7 Å². The van der Waals surface area contributed by atoms with Crippen LogP contribution in [0.3, 0.4) is 0 Å². The first kappa shape index (κ1) is 18.2. The smallest absolute Gasteiger partial charge is 0.191 e. The minimum atomic E-state index is -0.0222. The fourth-order valence-electron chi connectivity index (χ4n) is 2.83. The van der Waals surface area contributed by atoms with Crippen LogP contribution in [0.25, 0.3) is 0 Å². The van der Waals surface area contributed by atoms with Gasteiger partial charge < -0.3 is 20.5 Å². The van der Waals surface area contributed by atoms with Crippen LogP contribution in [0.1, 0.15) is 30.9 Å². The maximum Gasteiger partial charge on any atom is 0.191 e. The number of aliphatic hydroxyl groups is 1. The van der Waals surface area contributed by atoms with Crippen molar-refractivity contribution in [3.05, 3.63) is 35.4 Å². The number of nitriles is 1. The molecule has 6 heteroatoms. The van der Waals surface area contributed by atoms with E-state index in [4.69, 9.17) is 10.00 Å². The maximum absolute atomic E-state index is 9.31. The summed E-state index contributed by atoms with van der Waals surface area (Å²) in [5.41, 5.74) is 1.62. The molecule has 0 amide bonds. The van der Waals surface area contributed by atoms with Gasteiger partial charge in [0.1, 0.15) is 0 Å². The normalized spacial score (nSPS) is 20.6. The molecule has 1 fully saturated rings. The van der Waals surface area contributed by atoms with Gasteiger partial charge in [0.2, 0.25) is 0 Å². The summed E-state index contributed by atoms with van der Waals surface area (Å²) in [4.78, 5) is 4.59. The molecule has 0 spiro atoms. The third-order valence-electron chi connectivity index (χ3n) is 4.28. The minimum Gasteiger partial charge on any atom is -0.396 e. The molecule has 1 unspecified atom stereocenters. The number of nitrogens with one attached hydrogen (secondary N) is 2. The van der Waals surface area contributed by atoms with Crippen LogP contribution >= 0.6 is 0 Å². The number of hydrogen-bond donors (Lipinski definition) is 3. The molecule has 3 N–H and O–H groups in total. The van der Waals surface area contributed by atoms with Crippen LogP contribution in [0.4, 0.5) is 0 Å². The number of benzene rings is 1. The molecule has 0 radical (unpaired) electrons. The highest BCUT2D eigenvalue weighted by molar-refractivity contribution is 5.79. The van der Waals surface area contributed by atoms with E-state index < -0.39 is 0 Å². The maximum atomic E-state index is 9.31. The van der Waals surface area contributed by atoms with Gasteiger partial charge >= 0.3 is 0 Å². The molecule has 130 valence electrons. The lowest BCUT2D eigenvalue weighted by molar-refractivity contribution is 0.127. The summed E-state index contributed by atoms with van der Waals surface area (Å²) in [5.74, 6) is 0.740. The van der Waals surface area contributed by atoms with Crippen LogP contribution in [0.2, 0.25) is 0 Å². The minimum absolute atomic E-state index is 0.0222. The Morgan fingerprint density at radius 1 is 1.46 bits per heavy atom. The Labute approximate surface area is 143 Å². The summed E-state index contributed by atoms with van der Waals surface area (Å²) >= 11 is 0. The van der Waals surface area contributed by atoms with Gasteiger partial charge in [-0.05, 0) is 37.5 Å². The van der Waals surface area contributed by atoms with Crippen LogP contribution in [-0.4, -0.2) is 44.0 Å². The molecular weight excluding hydrogens is 304 g/mol. The summed E-state index contributed by atoms with van der Waals surface area (Å²) in [6.07, 6.45) is 1.67. The number of aliphatic imine (C=N–C) groups is 1. The van der Waals surface area contributed by atoms with Crippen molar-refractivity contribution >= 4 is 5.96 Å². The fraction of sp³-hybridized carbons (Fsp3) is 0.556. The first-order valence-electron chi connectivity index (χ1n) is 8.41. The molecule has 1 heterocycles. The van der Waals surface area contributed by atoms with E-state index in [1.807, 2.05) is 25.1 Å². The summed E-state index contributed by atoms with van der Waals surface area (Å²) < 4.78 is 5.52. The van der Waals surface area contributed by atoms with Crippen molar-refractivity contribution in [3.63, 3.8) is 0 Å². The van der Waals surface area contributed by atoms with E-state index in [9.17, 15) is 5.11 Å². The molecule has 1 saturated heterocycles. The number of hydrogen-bond acceptors (Lipinski definition) is 4. The monoisotopic (exact) mass is 330 g/mol. The first-order valence-corrected chi connectivity index (χ1v) is 8.41. The molecule has 1 aliphatic heterocycles. The van der Waals surface area contributed by atoms with E-state index in [2.05, 4.69) is 21.7 Å². The van der Waals surface area contributed by atoms with Gasteiger partial charge in [-0.2, -0.15) is 5.26 Å². The van der Waals surface area contributed by atoms with Crippen LogP contribution in [0.15, 0.2) is 29.3 Å². The first-order chi connectivity index (χ1) is 11.7. The summed E-state index contributed by atoms with van der Waals surface area (Å²) in [6.45, 7) is 5.61. The van der Waals surface area contributed by atoms with Crippen molar-refractivity contribution in [1.82, 2.24) is 10.6 Å². The van der Waals surface area contributed by atoms with E-state index in [0.717, 1.165) is 44.1 Å². The van der Waals surface area contributed by atoms with E-state index in [-0.39, 0.29) is 12.0 Å². The second-order valence-electron chi connectivity index (χ2n) is 6.14. The van der Waals surface area contributed by atoms with Crippen molar-refractivity contribution < 1.29 is 9.84 Å². The van der Waals surface area contributed by atoms with Gasteiger partial charge in [0.05, 0.1) is 24.8 Å². The van der Waals surface area contributed by atoms with Gasteiger partial charge in [-0.3, -0.25) is 0 Å². The molecule has 24 heavy (non-hydrogen) atoms. The highest BCUT2D eigenvalue weighted by Crippen LogP contribution is 2.31. The van der Waals surface area contributed by atoms with Gasteiger partial charge in [0.15, 0.2) is 5.96 Å². The lowest BCUT2D eigenvalue weighted by atomic mass is 9.84. The van der Waals surface area contributed by atoms with E-state index in [1.54, 1.807) is 6.07 Å². The number of guanidine groups is 1. The van der Waals surface area contributed by atoms with Crippen LogP contribution < -0.4 is 10.6 Å². The highest BCUT2D eigenvalue weighted by Gasteiger charge is 2.34. The second kappa shape index (κ2) is 9.26.